The second kappa shape index (κ2) is 9.45. The van der Waals surface area contributed by atoms with E-state index in [0.29, 0.717) is 28.2 Å². The first-order valence-electron chi connectivity index (χ1n) is 9.92. The molecule has 4 rings (SSSR count). The molecule has 1 heterocycles. The van der Waals surface area contributed by atoms with Crippen molar-refractivity contribution in [3.63, 3.8) is 0 Å². The summed E-state index contributed by atoms with van der Waals surface area (Å²) in [6, 6.07) is 22.0. The summed E-state index contributed by atoms with van der Waals surface area (Å²) in [5.41, 5.74) is 3.67. The number of thiazole rings is 1. The van der Waals surface area contributed by atoms with Crippen LogP contribution >= 0.6 is 11.3 Å². The number of carbonyl (C=O) groups excluding carboxylic acids is 2. The molecule has 0 saturated heterocycles. The van der Waals surface area contributed by atoms with Crippen LogP contribution in [0.1, 0.15) is 26.4 Å². The van der Waals surface area contributed by atoms with E-state index < -0.39 is 0 Å². The Morgan fingerprint density at radius 3 is 2.34 bits per heavy atom. The van der Waals surface area contributed by atoms with E-state index in [1.807, 2.05) is 54.6 Å². The lowest BCUT2D eigenvalue weighted by Gasteiger charge is -2.12. The van der Waals surface area contributed by atoms with E-state index in [1.165, 1.54) is 11.3 Å². The van der Waals surface area contributed by atoms with Crippen LogP contribution in [0.4, 0.5) is 11.4 Å². The fourth-order valence-electron chi connectivity index (χ4n) is 3.17. The molecule has 1 aromatic heterocycles. The van der Waals surface area contributed by atoms with Crippen molar-refractivity contribution >= 4 is 34.5 Å². The summed E-state index contributed by atoms with van der Waals surface area (Å²) in [6.45, 7) is 1.80. The van der Waals surface area contributed by atoms with Gasteiger partial charge in [-0.05, 0) is 61.0 Å². The van der Waals surface area contributed by atoms with Gasteiger partial charge in [-0.15, -0.1) is 11.3 Å². The second-order valence-electron chi connectivity index (χ2n) is 7.02. The molecule has 0 aliphatic heterocycles. The van der Waals surface area contributed by atoms with E-state index in [2.05, 4.69) is 15.6 Å². The van der Waals surface area contributed by atoms with Crippen LogP contribution in [-0.2, 0) is 0 Å². The fourth-order valence-corrected chi connectivity index (χ4v) is 3.97. The van der Waals surface area contributed by atoms with Crippen LogP contribution < -0.4 is 15.4 Å². The Morgan fingerprint density at radius 1 is 0.875 bits per heavy atom. The number of methoxy groups -OCH3 is 1. The summed E-state index contributed by atoms with van der Waals surface area (Å²) < 4.78 is 5.18. The van der Waals surface area contributed by atoms with E-state index in [0.717, 1.165) is 16.3 Å². The largest absolute Gasteiger partial charge is 0.497 e. The summed E-state index contributed by atoms with van der Waals surface area (Å²) in [5, 5.41) is 8.20. The number of anilines is 2. The minimum atomic E-state index is -0.329. The standard InChI is InChI=1S/C25H21N3O3S/c1-16-20(23(29)26-18-7-4-3-5-8-18)9-6-10-21(16)27-24(30)22-15-32-25(28-22)17-11-13-19(31-2)14-12-17/h3-15H,1-2H3,(H,26,29)(H,27,30). The average molecular weight is 444 g/mol. The molecule has 0 aliphatic rings. The van der Waals surface area contributed by atoms with Crippen LogP contribution in [0.3, 0.4) is 0 Å². The number of hydrogen-bond donors (Lipinski definition) is 2. The van der Waals surface area contributed by atoms with Crippen LogP contribution in [0.15, 0.2) is 78.2 Å². The fraction of sp³-hybridized carbons (Fsp3) is 0.0800. The number of benzene rings is 3. The molecule has 0 aliphatic carbocycles. The molecule has 0 unspecified atom stereocenters. The molecule has 2 amide bonds. The minimum Gasteiger partial charge on any atom is -0.497 e. The summed E-state index contributed by atoms with van der Waals surface area (Å²) >= 11 is 1.39. The first-order chi connectivity index (χ1) is 15.5. The smallest absolute Gasteiger partial charge is 0.275 e. The Balaban J connectivity index is 1.49. The van der Waals surface area contributed by atoms with Gasteiger partial charge in [0.2, 0.25) is 0 Å². The quantitative estimate of drug-likeness (QED) is 0.405. The molecule has 32 heavy (non-hydrogen) atoms. The molecule has 3 aromatic carbocycles. The van der Waals surface area contributed by atoms with Gasteiger partial charge in [0.05, 0.1) is 7.11 Å². The lowest BCUT2D eigenvalue weighted by molar-refractivity contribution is 0.101. The molecule has 160 valence electrons. The lowest BCUT2D eigenvalue weighted by atomic mass is 10.1. The zero-order valence-corrected chi connectivity index (χ0v) is 18.4. The van der Waals surface area contributed by atoms with E-state index in [1.54, 1.807) is 37.6 Å². The molecule has 0 atom stereocenters. The Morgan fingerprint density at radius 2 is 1.62 bits per heavy atom. The predicted molar refractivity (Wildman–Crippen MR) is 128 cm³/mol. The third-order valence-electron chi connectivity index (χ3n) is 4.93. The van der Waals surface area contributed by atoms with Gasteiger partial charge in [0, 0.05) is 27.9 Å². The van der Waals surface area contributed by atoms with E-state index in [9.17, 15) is 9.59 Å². The highest BCUT2D eigenvalue weighted by Crippen LogP contribution is 2.27. The molecular weight excluding hydrogens is 422 g/mol. The van der Waals surface area contributed by atoms with Gasteiger partial charge >= 0.3 is 0 Å². The van der Waals surface area contributed by atoms with Crippen LogP contribution in [0.25, 0.3) is 10.6 Å². The number of carbonyl (C=O) groups is 2. The normalized spacial score (nSPS) is 10.4. The lowest BCUT2D eigenvalue weighted by Crippen LogP contribution is -2.17. The summed E-state index contributed by atoms with van der Waals surface area (Å²) in [6.07, 6.45) is 0. The number of nitrogens with zero attached hydrogens (tertiary/aromatic N) is 1. The number of ether oxygens (including phenoxy) is 1. The van der Waals surface area contributed by atoms with Gasteiger partial charge < -0.3 is 15.4 Å². The first-order valence-corrected chi connectivity index (χ1v) is 10.8. The zero-order chi connectivity index (χ0) is 22.5. The number of para-hydroxylation sites is 1. The minimum absolute atomic E-state index is 0.236. The average Bonchev–Trinajstić information content (AvgIpc) is 3.31. The van der Waals surface area contributed by atoms with Crippen LogP contribution in [-0.4, -0.2) is 23.9 Å². The van der Waals surface area contributed by atoms with Gasteiger partial charge in [-0.1, -0.05) is 24.3 Å². The van der Waals surface area contributed by atoms with Crippen molar-refractivity contribution in [2.45, 2.75) is 6.92 Å². The van der Waals surface area contributed by atoms with E-state index >= 15 is 0 Å². The maximum Gasteiger partial charge on any atom is 0.275 e. The third kappa shape index (κ3) is 4.68. The summed E-state index contributed by atoms with van der Waals surface area (Å²) in [4.78, 5) is 30.0. The number of hydrogen-bond acceptors (Lipinski definition) is 5. The molecule has 7 heteroatoms. The third-order valence-corrected chi connectivity index (χ3v) is 5.82. The number of amides is 2. The van der Waals surface area contributed by atoms with Gasteiger partial charge in [-0.25, -0.2) is 4.98 Å². The highest BCUT2D eigenvalue weighted by atomic mass is 32.1. The highest BCUT2D eigenvalue weighted by Gasteiger charge is 2.16. The van der Waals surface area contributed by atoms with Crippen LogP contribution in [0, 0.1) is 6.92 Å². The van der Waals surface area contributed by atoms with Crippen LogP contribution in [0.2, 0.25) is 0 Å². The SMILES string of the molecule is COc1ccc(-c2nc(C(=O)Nc3cccc(C(=O)Nc4ccccc4)c3C)cs2)cc1. The Labute approximate surface area is 189 Å². The van der Waals surface area contributed by atoms with E-state index in [4.69, 9.17) is 4.74 Å². The van der Waals surface area contributed by atoms with Crippen LogP contribution in [0.5, 0.6) is 5.75 Å². The Hall–Kier alpha value is -3.97. The molecule has 0 saturated carbocycles. The van der Waals surface area contributed by atoms with Gasteiger partial charge in [-0.2, -0.15) is 0 Å². The van der Waals surface area contributed by atoms with Gasteiger partial charge in [0.1, 0.15) is 16.5 Å². The second-order valence-corrected chi connectivity index (χ2v) is 7.88. The van der Waals surface area contributed by atoms with E-state index in [-0.39, 0.29) is 11.8 Å². The Bertz CT molecular complexity index is 1250. The Kier molecular flexibility index (Phi) is 6.28. The van der Waals surface area contributed by atoms with Crippen molar-refractivity contribution in [1.29, 1.82) is 0 Å². The molecule has 4 aromatic rings. The number of rotatable bonds is 6. The van der Waals surface area contributed by atoms with Crippen molar-refractivity contribution < 1.29 is 14.3 Å². The maximum absolute atomic E-state index is 12.8. The van der Waals surface area contributed by atoms with Crippen molar-refractivity contribution in [2.24, 2.45) is 0 Å². The predicted octanol–water partition coefficient (Wildman–Crippen LogP) is 5.63. The van der Waals surface area contributed by atoms with Crippen molar-refractivity contribution in [3.05, 3.63) is 95.0 Å². The van der Waals surface area contributed by atoms with Crippen molar-refractivity contribution in [1.82, 2.24) is 4.98 Å². The molecule has 2 N–H and O–H groups in total. The molecular formula is C25H21N3O3S. The van der Waals surface area contributed by atoms with Crippen molar-refractivity contribution in [3.8, 4) is 16.3 Å². The number of nitrogens with one attached hydrogen (secondary N) is 2. The molecule has 0 radical (unpaired) electrons. The molecule has 0 spiro atoms. The maximum atomic E-state index is 12.8. The molecule has 0 fully saturated rings. The van der Waals surface area contributed by atoms with Crippen molar-refractivity contribution in [2.75, 3.05) is 17.7 Å². The van der Waals surface area contributed by atoms with Gasteiger partial charge in [0.25, 0.3) is 11.8 Å². The summed E-state index contributed by atoms with van der Waals surface area (Å²) in [7, 11) is 1.61. The number of aromatic nitrogens is 1. The molecule has 6 nitrogen and oxygen atoms in total. The topological polar surface area (TPSA) is 80.3 Å². The molecule has 0 bridgehead atoms. The first kappa shape index (κ1) is 21.3. The monoisotopic (exact) mass is 443 g/mol. The highest BCUT2D eigenvalue weighted by molar-refractivity contribution is 7.13. The van der Waals surface area contributed by atoms with Gasteiger partial charge in [0.15, 0.2) is 0 Å². The summed E-state index contributed by atoms with van der Waals surface area (Å²) in [5.74, 6) is 0.194. The zero-order valence-electron chi connectivity index (χ0n) is 17.6. The van der Waals surface area contributed by atoms with Gasteiger partial charge in [-0.3, -0.25) is 9.59 Å².